The van der Waals surface area contributed by atoms with Crippen LogP contribution in [0.15, 0.2) is 0 Å². The van der Waals surface area contributed by atoms with Crippen LogP contribution in [-0.2, 0) is 14.3 Å². The molecule has 5 rings (SSSR count). The molecule has 5 aliphatic rings. The van der Waals surface area contributed by atoms with Crippen molar-refractivity contribution in [3.05, 3.63) is 0 Å². The molecule has 6 atom stereocenters. The van der Waals surface area contributed by atoms with Crippen molar-refractivity contribution in [2.75, 3.05) is 26.2 Å². The van der Waals surface area contributed by atoms with Crippen molar-refractivity contribution in [2.24, 2.45) is 23.2 Å². The van der Waals surface area contributed by atoms with Crippen LogP contribution in [0.4, 0.5) is 0 Å². The van der Waals surface area contributed by atoms with Crippen molar-refractivity contribution in [1.82, 2.24) is 0 Å². The van der Waals surface area contributed by atoms with E-state index in [0.717, 1.165) is 26.0 Å². The van der Waals surface area contributed by atoms with E-state index in [1.807, 2.05) is 0 Å². The summed E-state index contributed by atoms with van der Waals surface area (Å²) in [5, 5.41) is 0. The molecule has 3 aliphatic heterocycles. The zero-order chi connectivity index (χ0) is 15.7. The predicted molar refractivity (Wildman–Crippen MR) is 85.0 cm³/mol. The molecule has 0 aromatic heterocycles. The number of carbonyl (C=O) groups excluding carboxylic acids is 1. The Balaban J connectivity index is 1.38. The maximum Gasteiger partial charge on any atom is 0.315 e. The lowest BCUT2D eigenvalue weighted by molar-refractivity contribution is -0.890. The number of esters is 1. The van der Waals surface area contributed by atoms with Gasteiger partial charge in [0.1, 0.15) is 12.0 Å². The van der Waals surface area contributed by atoms with Crippen LogP contribution in [0.1, 0.15) is 51.9 Å². The number of likely N-dealkylation sites (tertiary alicyclic amines) is 1. The highest BCUT2D eigenvalue weighted by Gasteiger charge is 2.65. The van der Waals surface area contributed by atoms with Gasteiger partial charge in [-0.1, -0.05) is 6.92 Å². The maximum absolute atomic E-state index is 12.5. The number of rotatable bonds is 2. The molecule has 3 heterocycles. The van der Waals surface area contributed by atoms with Gasteiger partial charge in [-0.05, 0) is 43.4 Å². The molecule has 5 fully saturated rings. The van der Waals surface area contributed by atoms with Gasteiger partial charge in [0.15, 0.2) is 0 Å². The van der Waals surface area contributed by atoms with Crippen LogP contribution >= 0.6 is 0 Å². The van der Waals surface area contributed by atoms with E-state index in [1.54, 1.807) is 4.90 Å². The van der Waals surface area contributed by atoms with Gasteiger partial charge in [0.05, 0.1) is 31.8 Å². The fourth-order valence-corrected chi connectivity index (χ4v) is 6.58. The second-order valence-corrected chi connectivity index (χ2v) is 9.26. The summed E-state index contributed by atoms with van der Waals surface area (Å²) < 4.78 is 11.9. The van der Waals surface area contributed by atoms with Crippen molar-refractivity contribution in [2.45, 2.75) is 63.6 Å². The van der Waals surface area contributed by atoms with E-state index >= 15 is 0 Å². The van der Waals surface area contributed by atoms with Crippen LogP contribution in [-0.4, -0.2) is 43.9 Å². The van der Waals surface area contributed by atoms with Gasteiger partial charge >= 0.3 is 5.97 Å². The van der Waals surface area contributed by atoms with E-state index in [2.05, 4.69) is 6.92 Å². The molecule has 0 unspecified atom stereocenters. The van der Waals surface area contributed by atoms with Gasteiger partial charge < -0.3 is 14.4 Å². The first-order chi connectivity index (χ1) is 11.1. The summed E-state index contributed by atoms with van der Waals surface area (Å²) in [5.74, 6) is 1.35. The monoisotopic (exact) mass is 320 g/mol. The van der Waals surface area contributed by atoms with Crippen LogP contribution in [0, 0.1) is 23.2 Å². The highest BCUT2D eigenvalue weighted by Crippen LogP contribution is 2.62. The minimum absolute atomic E-state index is 0.104. The van der Waals surface area contributed by atoms with Crippen LogP contribution in [0.3, 0.4) is 0 Å². The summed E-state index contributed by atoms with van der Waals surface area (Å²) in [6.07, 6.45) is 8.86. The van der Waals surface area contributed by atoms with Gasteiger partial charge in [-0.25, -0.2) is 0 Å². The molecular weight excluding hydrogens is 290 g/mol. The number of carbonyl (C=O) groups is 1. The standard InChI is InChI=1S/C19H29NO3/c1-18-5-4-6-19(12-22-19)16(18)9-13-14(11-20-7-2-3-8-20)17(21)23-15(13)10-18/h13-16H,2-12H2,1H3/p+1/t13-,14-,15-,16+,18-,19-/m1/s1. The first-order valence-corrected chi connectivity index (χ1v) is 9.78. The highest BCUT2D eigenvalue weighted by molar-refractivity contribution is 5.75. The number of ether oxygens (including phenoxy) is 2. The minimum atomic E-state index is 0.104. The van der Waals surface area contributed by atoms with E-state index in [-0.39, 0.29) is 23.6 Å². The molecule has 0 bridgehead atoms. The number of nitrogens with one attached hydrogen (secondary N) is 1. The third-order valence-electron chi connectivity index (χ3n) is 7.90. The lowest BCUT2D eigenvalue weighted by atomic mass is 9.53. The van der Waals surface area contributed by atoms with E-state index in [0.29, 0.717) is 17.3 Å². The predicted octanol–water partition coefficient (Wildman–Crippen LogP) is 1.19. The third kappa shape index (κ3) is 2.21. The topological polar surface area (TPSA) is 43.3 Å². The average molecular weight is 320 g/mol. The summed E-state index contributed by atoms with van der Waals surface area (Å²) in [4.78, 5) is 14.2. The summed E-state index contributed by atoms with van der Waals surface area (Å²) in [7, 11) is 0. The molecule has 128 valence electrons. The lowest BCUT2D eigenvalue weighted by Crippen LogP contribution is -3.10. The smallest absolute Gasteiger partial charge is 0.315 e. The Bertz CT molecular complexity index is 511. The Hall–Kier alpha value is -0.610. The number of epoxide rings is 1. The summed E-state index contributed by atoms with van der Waals surface area (Å²) in [6.45, 7) is 6.90. The molecular formula is C19H30NO3+. The maximum atomic E-state index is 12.5. The highest BCUT2D eigenvalue weighted by atomic mass is 16.6. The Labute approximate surface area is 138 Å². The van der Waals surface area contributed by atoms with E-state index in [4.69, 9.17) is 9.47 Å². The first kappa shape index (κ1) is 14.7. The molecule has 0 aromatic carbocycles. The summed E-state index contributed by atoms with van der Waals surface area (Å²) in [6, 6.07) is 0. The Morgan fingerprint density at radius 2 is 2.00 bits per heavy atom. The van der Waals surface area contributed by atoms with Gasteiger partial charge in [0.25, 0.3) is 0 Å². The molecule has 1 spiro atoms. The van der Waals surface area contributed by atoms with Gasteiger partial charge in [-0.3, -0.25) is 4.79 Å². The van der Waals surface area contributed by atoms with E-state index in [9.17, 15) is 4.79 Å². The fraction of sp³-hybridized carbons (Fsp3) is 0.947. The molecule has 23 heavy (non-hydrogen) atoms. The lowest BCUT2D eigenvalue weighted by Gasteiger charge is -2.51. The molecule has 2 saturated carbocycles. The van der Waals surface area contributed by atoms with Crippen molar-refractivity contribution < 1.29 is 19.2 Å². The Kier molecular flexibility index (Phi) is 3.17. The second-order valence-electron chi connectivity index (χ2n) is 9.26. The number of quaternary nitrogens is 1. The molecule has 4 nitrogen and oxygen atoms in total. The Morgan fingerprint density at radius 1 is 1.22 bits per heavy atom. The van der Waals surface area contributed by atoms with Crippen molar-refractivity contribution in [3.63, 3.8) is 0 Å². The fourth-order valence-electron chi connectivity index (χ4n) is 6.58. The second kappa shape index (κ2) is 4.95. The number of hydrogen-bond acceptors (Lipinski definition) is 3. The molecule has 3 saturated heterocycles. The van der Waals surface area contributed by atoms with E-state index < -0.39 is 0 Å². The average Bonchev–Trinajstić information content (AvgIpc) is 2.97. The normalized spacial score (nSPS) is 52.3. The third-order valence-corrected chi connectivity index (χ3v) is 7.90. The largest absolute Gasteiger partial charge is 0.462 e. The minimum Gasteiger partial charge on any atom is -0.462 e. The van der Waals surface area contributed by atoms with Gasteiger partial charge in [0.2, 0.25) is 0 Å². The van der Waals surface area contributed by atoms with Gasteiger partial charge in [-0.15, -0.1) is 0 Å². The van der Waals surface area contributed by atoms with Crippen LogP contribution in [0.25, 0.3) is 0 Å². The van der Waals surface area contributed by atoms with Crippen LogP contribution in [0.2, 0.25) is 0 Å². The van der Waals surface area contributed by atoms with Crippen molar-refractivity contribution >= 4 is 5.97 Å². The van der Waals surface area contributed by atoms with Gasteiger partial charge in [0, 0.05) is 18.8 Å². The van der Waals surface area contributed by atoms with Gasteiger partial charge in [-0.2, -0.15) is 0 Å². The van der Waals surface area contributed by atoms with Crippen LogP contribution in [0.5, 0.6) is 0 Å². The quantitative estimate of drug-likeness (QED) is 0.614. The first-order valence-electron chi connectivity index (χ1n) is 9.78. The number of hydrogen-bond donors (Lipinski definition) is 1. The van der Waals surface area contributed by atoms with Crippen molar-refractivity contribution in [1.29, 1.82) is 0 Å². The summed E-state index contributed by atoms with van der Waals surface area (Å²) >= 11 is 0. The zero-order valence-corrected chi connectivity index (χ0v) is 14.3. The number of fused-ring (bicyclic) bond motifs is 3. The van der Waals surface area contributed by atoms with Crippen LogP contribution < -0.4 is 4.90 Å². The SMILES string of the molecule is C[C@]12CCC[C@@]3(CO3)[C@H]1C[C@H]1[C@@H](C2)OC(=O)[C@@H]1C[NH+]1CCCC1. The molecule has 0 radical (unpaired) electrons. The Morgan fingerprint density at radius 3 is 2.74 bits per heavy atom. The molecule has 0 amide bonds. The molecule has 2 aliphatic carbocycles. The van der Waals surface area contributed by atoms with E-state index in [1.165, 1.54) is 45.2 Å². The molecule has 4 heteroatoms. The van der Waals surface area contributed by atoms with Crippen molar-refractivity contribution in [3.8, 4) is 0 Å². The zero-order valence-electron chi connectivity index (χ0n) is 14.3. The summed E-state index contributed by atoms with van der Waals surface area (Å²) in [5.41, 5.74) is 0.500. The molecule has 0 aromatic rings. The molecule has 1 N–H and O–H groups in total.